The summed E-state index contributed by atoms with van der Waals surface area (Å²) in [6.45, 7) is 1.83. The van der Waals surface area contributed by atoms with Crippen LogP contribution >= 0.6 is 11.6 Å². The maximum absolute atomic E-state index is 9.33. The number of hydrogen-bond acceptors (Lipinski definition) is 5. The molecule has 2 rings (SSSR count). The Morgan fingerprint density at radius 1 is 1.36 bits per heavy atom. The van der Waals surface area contributed by atoms with E-state index in [1.807, 2.05) is 32.0 Å². The summed E-state index contributed by atoms with van der Waals surface area (Å²) in [7, 11) is 3.78. The quantitative estimate of drug-likeness (QED) is 0.935. The third-order valence-corrected chi connectivity index (χ3v) is 3.67. The van der Waals surface area contributed by atoms with Crippen LogP contribution in [0.5, 0.6) is 5.75 Å². The summed E-state index contributed by atoms with van der Waals surface area (Å²) in [5.41, 5.74) is 7.73. The van der Waals surface area contributed by atoms with Crippen molar-refractivity contribution in [1.82, 2.24) is 4.98 Å². The summed E-state index contributed by atoms with van der Waals surface area (Å²) < 4.78 is 5.85. The molecule has 1 aromatic carbocycles. The second-order valence-corrected chi connectivity index (χ2v) is 5.39. The molecule has 1 atom stereocenters. The number of ether oxygens (including phenoxy) is 1. The Balaban J connectivity index is 2.45. The smallest absolute Gasteiger partial charge is 0.166 e. The highest BCUT2D eigenvalue weighted by Gasteiger charge is 2.20. The van der Waals surface area contributed by atoms with Gasteiger partial charge in [-0.2, -0.15) is 5.26 Å². The first kappa shape index (κ1) is 15.9. The first-order chi connectivity index (χ1) is 10.5. The minimum atomic E-state index is -0.437. The molecule has 1 heterocycles. The molecule has 114 valence electrons. The molecule has 6 heteroatoms. The Hall–Kier alpha value is -2.45. The van der Waals surface area contributed by atoms with Gasteiger partial charge in [-0.1, -0.05) is 11.6 Å². The van der Waals surface area contributed by atoms with E-state index in [1.54, 1.807) is 24.4 Å². The fourth-order valence-electron chi connectivity index (χ4n) is 2.17. The van der Waals surface area contributed by atoms with Crippen LogP contribution in [0, 0.1) is 11.3 Å². The molecular weight excluding hydrogens is 300 g/mol. The van der Waals surface area contributed by atoms with Gasteiger partial charge in [0.25, 0.3) is 0 Å². The molecule has 2 aromatic rings. The molecule has 5 nitrogen and oxygen atoms in total. The Bertz CT molecular complexity index is 725. The zero-order valence-electron chi connectivity index (χ0n) is 12.7. The first-order valence-electron chi connectivity index (χ1n) is 6.72. The highest BCUT2D eigenvalue weighted by molar-refractivity contribution is 6.34. The number of nitrogens with two attached hydrogens (primary N) is 1. The molecule has 0 saturated heterocycles. The molecule has 0 saturated carbocycles. The van der Waals surface area contributed by atoms with Crippen LogP contribution in [0.15, 0.2) is 30.5 Å². The van der Waals surface area contributed by atoms with Gasteiger partial charge in [0.05, 0.1) is 22.3 Å². The number of hydrogen-bond donors (Lipinski definition) is 1. The number of anilines is 2. The predicted molar refractivity (Wildman–Crippen MR) is 88.2 cm³/mol. The zero-order chi connectivity index (χ0) is 16.3. The Kier molecular flexibility index (Phi) is 4.74. The predicted octanol–water partition coefficient (Wildman–Crippen LogP) is 3.39. The lowest BCUT2D eigenvalue weighted by Gasteiger charge is -2.22. The Morgan fingerprint density at radius 2 is 2.09 bits per heavy atom. The number of aromatic nitrogens is 1. The molecule has 2 N–H and O–H groups in total. The van der Waals surface area contributed by atoms with E-state index < -0.39 is 6.10 Å². The van der Waals surface area contributed by atoms with E-state index in [0.717, 1.165) is 5.69 Å². The average Bonchev–Trinajstić information content (AvgIpc) is 2.48. The van der Waals surface area contributed by atoms with E-state index in [-0.39, 0.29) is 0 Å². The van der Waals surface area contributed by atoms with Crippen molar-refractivity contribution in [3.8, 4) is 11.8 Å². The summed E-state index contributed by atoms with van der Waals surface area (Å²) in [5, 5.41) is 9.83. The lowest BCUT2D eigenvalue weighted by Crippen LogP contribution is -2.13. The normalized spacial score (nSPS) is 11.6. The van der Waals surface area contributed by atoms with Gasteiger partial charge in [-0.15, -0.1) is 0 Å². The van der Waals surface area contributed by atoms with Crippen LogP contribution in [-0.4, -0.2) is 19.1 Å². The van der Waals surface area contributed by atoms with E-state index in [1.165, 1.54) is 0 Å². The maximum Gasteiger partial charge on any atom is 0.166 e. The van der Waals surface area contributed by atoms with E-state index in [9.17, 15) is 5.26 Å². The molecule has 1 aromatic heterocycles. The maximum atomic E-state index is 9.33. The van der Waals surface area contributed by atoms with Crippen LogP contribution in [0.1, 0.15) is 24.2 Å². The lowest BCUT2D eigenvalue weighted by atomic mass is 10.0. The number of nitrogens with zero attached hydrogens (tertiary/aromatic N) is 3. The van der Waals surface area contributed by atoms with Crippen LogP contribution in [0.3, 0.4) is 0 Å². The van der Waals surface area contributed by atoms with Crippen molar-refractivity contribution in [3.05, 3.63) is 46.6 Å². The fraction of sp³-hybridized carbons (Fsp3) is 0.250. The monoisotopic (exact) mass is 316 g/mol. The lowest BCUT2D eigenvalue weighted by molar-refractivity contribution is 0.227. The first-order valence-corrected chi connectivity index (χ1v) is 7.10. The molecule has 1 unspecified atom stereocenters. The van der Waals surface area contributed by atoms with Crippen molar-refractivity contribution in [3.63, 3.8) is 0 Å². The van der Waals surface area contributed by atoms with Crippen LogP contribution in [0.4, 0.5) is 11.5 Å². The molecule has 22 heavy (non-hydrogen) atoms. The van der Waals surface area contributed by atoms with Crippen molar-refractivity contribution in [2.24, 2.45) is 0 Å². The van der Waals surface area contributed by atoms with Crippen LogP contribution in [0.25, 0.3) is 0 Å². The van der Waals surface area contributed by atoms with Crippen molar-refractivity contribution < 1.29 is 4.74 Å². The van der Waals surface area contributed by atoms with Gasteiger partial charge in [-0.05, 0) is 31.2 Å². The second kappa shape index (κ2) is 6.54. The minimum absolute atomic E-state index is 0.299. The molecule has 0 aliphatic heterocycles. The summed E-state index contributed by atoms with van der Waals surface area (Å²) in [6.07, 6.45) is 1.15. The van der Waals surface area contributed by atoms with Gasteiger partial charge in [0.2, 0.25) is 0 Å². The van der Waals surface area contributed by atoms with Gasteiger partial charge in [0.1, 0.15) is 6.10 Å². The summed E-state index contributed by atoms with van der Waals surface area (Å²) in [6, 6.07) is 9.18. The third kappa shape index (κ3) is 3.07. The van der Waals surface area contributed by atoms with Crippen molar-refractivity contribution in [2.75, 3.05) is 24.7 Å². The molecule has 0 bridgehead atoms. The fourth-order valence-corrected chi connectivity index (χ4v) is 2.66. The van der Waals surface area contributed by atoms with Gasteiger partial charge in [-0.25, -0.2) is 4.98 Å². The summed E-state index contributed by atoms with van der Waals surface area (Å²) in [4.78, 5) is 5.87. The second-order valence-electron chi connectivity index (χ2n) is 5.01. The van der Waals surface area contributed by atoms with Crippen molar-refractivity contribution >= 4 is 23.1 Å². The number of rotatable bonds is 4. The molecule has 0 fully saturated rings. The Labute approximate surface area is 134 Å². The van der Waals surface area contributed by atoms with Crippen molar-refractivity contribution in [1.29, 1.82) is 5.26 Å². The van der Waals surface area contributed by atoms with E-state index in [4.69, 9.17) is 22.1 Å². The van der Waals surface area contributed by atoms with Crippen LogP contribution in [0.2, 0.25) is 5.02 Å². The average molecular weight is 317 g/mol. The molecule has 0 amide bonds. The number of pyridine rings is 1. The van der Waals surface area contributed by atoms with Gasteiger partial charge in [-0.3, -0.25) is 0 Å². The van der Waals surface area contributed by atoms with Crippen LogP contribution < -0.4 is 15.4 Å². The minimum Gasteiger partial charge on any atom is -0.482 e. The van der Waals surface area contributed by atoms with Crippen molar-refractivity contribution in [2.45, 2.75) is 13.0 Å². The Morgan fingerprint density at radius 3 is 2.68 bits per heavy atom. The standard InChI is InChI=1S/C16H17ClN4O/c1-10(22-13-5-4-8-20-16(13)19)14-11(9-18)6-7-12(15(14)17)21(2)3/h4-8,10H,1-3H3,(H2,19,20). The SMILES string of the molecule is CC(Oc1cccnc1N)c1c(C#N)ccc(N(C)C)c1Cl. The van der Waals surface area contributed by atoms with Gasteiger partial charge < -0.3 is 15.4 Å². The number of halogens is 1. The highest BCUT2D eigenvalue weighted by atomic mass is 35.5. The highest BCUT2D eigenvalue weighted by Crippen LogP contribution is 2.36. The number of benzene rings is 1. The topological polar surface area (TPSA) is 75.2 Å². The molecule has 0 aliphatic rings. The van der Waals surface area contributed by atoms with Gasteiger partial charge in [0.15, 0.2) is 11.6 Å². The summed E-state index contributed by atoms with van der Waals surface area (Å²) >= 11 is 6.47. The zero-order valence-corrected chi connectivity index (χ0v) is 13.4. The summed E-state index contributed by atoms with van der Waals surface area (Å²) in [5.74, 6) is 0.762. The largest absolute Gasteiger partial charge is 0.482 e. The van der Waals surface area contributed by atoms with E-state index in [0.29, 0.717) is 27.7 Å². The van der Waals surface area contributed by atoms with E-state index >= 15 is 0 Å². The van der Waals surface area contributed by atoms with Gasteiger partial charge >= 0.3 is 0 Å². The molecular formula is C16H17ClN4O. The third-order valence-electron chi connectivity index (χ3n) is 3.27. The number of nitriles is 1. The van der Waals surface area contributed by atoms with Crippen LogP contribution in [-0.2, 0) is 0 Å². The number of nitrogen functional groups attached to an aromatic ring is 1. The van der Waals surface area contributed by atoms with E-state index in [2.05, 4.69) is 11.1 Å². The molecule has 0 aliphatic carbocycles. The molecule has 0 spiro atoms. The molecule has 0 radical (unpaired) electrons. The van der Waals surface area contributed by atoms with Gasteiger partial charge in [0, 0.05) is 25.9 Å².